The van der Waals surface area contributed by atoms with Crippen molar-refractivity contribution in [2.45, 2.75) is 55.9 Å². The Morgan fingerprint density at radius 3 is 2.32 bits per heavy atom. The summed E-state index contributed by atoms with van der Waals surface area (Å²) in [7, 11) is -2.74. The molecular formula is C33H34N2O5S. The highest BCUT2D eigenvalue weighted by Crippen LogP contribution is 2.39. The average Bonchev–Trinajstić information content (AvgIpc) is 3.49. The molecule has 1 aliphatic carbocycles. The van der Waals surface area contributed by atoms with Crippen LogP contribution in [0.1, 0.15) is 52.7 Å². The lowest BCUT2D eigenvalue weighted by molar-refractivity contribution is 0.0989. The van der Waals surface area contributed by atoms with Crippen LogP contribution in [0.2, 0.25) is 0 Å². The van der Waals surface area contributed by atoms with E-state index in [4.69, 9.17) is 14.6 Å². The first-order valence-corrected chi connectivity index (χ1v) is 15.4. The lowest BCUT2D eigenvalue weighted by Gasteiger charge is -2.20. The lowest BCUT2D eigenvalue weighted by atomic mass is 9.91. The van der Waals surface area contributed by atoms with Crippen molar-refractivity contribution in [2.75, 3.05) is 7.11 Å². The van der Waals surface area contributed by atoms with Crippen molar-refractivity contribution in [3.05, 3.63) is 107 Å². The van der Waals surface area contributed by atoms with Crippen LogP contribution < -0.4 is 14.6 Å². The molecule has 5 rings (SSSR count). The highest BCUT2D eigenvalue weighted by Gasteiger charge is 2.28. The van der Waals surface area contributed by atoms with E-state index in [0.717, 1.165) is 36.8 Å². The van der Waals surface area contributed by atoms with Gasteiger partial charge in [-0.05, 0) is 85.0 Å². The Morgan fingerprint density at radius 1 is 0.902 bits per heavy atom. The van der Waals surface area contributed by atoms with E-state index in [9.17, 15) is 13.2 Å². The summed E-state index contributed by atoms with van der Waals surface area (Å²) in [6, 6.07) is 22.0. The SMILES string of the molecule is COc1ccc(-c2ccc(CCc3ccncc3)c(C(=O)Cc3ccccc3)c2S(N)(=O)=O)cc1OC1CCCC1. The Morgan fingerprint density at radius 2 is 1.63 bits per heavy atom. The molecule has 41 heavy (non-hydrogen) atoms. The molecule has 1 aliphatic rings. The summed E-state index contributed by atoms with van der Waals surface area (Å²) in [4.78, 5) is 17.8. The maximum Gasteiger partial charge on any atom is 0.239 e. The molecule has 0 atom stereocenters. The molecule has 0 saturated heterocycles. The standard InChI is InChI=1S/C33H34N2O5S/c1-39-30-16-14-26(22-31(30)40-27-9-5-6-10-27)28-15-13-25(12-11-23-17-19-35-20-18-23)32(33(28)41(34,37)38)29(36)21-24-7-3-2-4-8-24/h2-4,7-8,13-20,22,27H,5-6,9-12,21H2,1H3,(H2,34,37,38). The Labute approximate surface area is 241 Å². The molecular weight excluding hydrogens is 536 g/mol. The Kier molecular flexibility index (Phi) is 8.81. The predicted octanol–water partition coefficient (Wildman–Crippen LogP) is 5.94. The number of Topliss-reactive ketones (excluding diaryl/α,β-unsaturated/α-hetero) is 1. The van der Waals surface area contributed by atoms with E-state index in [0.29, 0.717) is 41.0 Å². The van der Waals surface area contributed by atoms with Crippen LogP contribution in [0.3, 0.4) is 0 Å². The van der Waals surface area contributed by atoms with Crippen molar-refractivity contribution in [1.29, 1.82) is 0 Å². The maximum absolute atomic E-state index is 13.9. The van der Waals surface area contributed by atoms with E-state index in [1.165, 1.54) is 0 Å². The number of primary sulfonamides is 1. The topological polar surface area (TPSA) is 109 Å². The zero-order valence-corrected chi connectivity index (χ0v) is 23.9. The molecule has 1 saturated carbocycles. The number of pyridine rings is 1. The molecule has 4 aromatic rings. The number of carbonyl (C=O) groups is 1. The highest BCUT2D eigenvalue weighted by molar-refractivity contribution is 7.89. The third kappa shape index (κ3) is 6.84. The van der Waals surface area contributed by atoms with Crippen molar-refractivity contribution in [1.82, 2.24) is 4.98 Å². The van der Waals surface area contributed by atoms with Gasteiger partial charge in [0.2, 0.25) is 10.0 Å². The quantitative estimate of drug-likeness (QED) is 0.224. The zero-order valence-electron chi connectivity index (χ0n) is 23.1. The Balaban J connectivity index is 1.63. The summed E-state index contributed by atoms with van der Waals surface area (Å²) in [6.45, 7) is 0. The van der Waals surface area contributed by atoms with Gasteiger partial charge < -0.3 is 9.47 Å². The summed E-state index contributed by atoms with van der Waals surface area (Å²) in [6.07, 6.45) is 8.76. The second-order valence-corrected chi connectivity index (χ2v) is 11.9. The number of ketones is 1. The summed E-state index contributed by atoms with van der Waals surface area (Å²) >= 11 is 0. The molecule has 0 radical (unpaired) electrons. The second kappa shape index (κ2) is 12.7. The van der Waals surface area contributed by atoms with E-state index in [2.05, 4.69) is 4.98 Å². The number of rotatable bonds is 11. The number of hydrogen-bond acceptors (Lipinski definition) is 6. The van der Waals surface area contributed by atoms with Gasteiger partial charge in [0.1, 0.15) is 4.90 Å². The minimum absolute atomic E-state index is 0.0493. The number of sulfonamides is 1. The number of nitrogens with two attached hydrogens (primary N) is 1. The molecule has 1 fully saturated rings. The monoisotopic (exact) mass is 570 g/mol. The van der Waals surface area contributed by atoms with E-state index in [1.54, 1.807) is 43.8 Å². The number of aryl methyl sites for hydroxylation is 2. The van der Waals surface area contributed by atoms with Gasteiger partial charge >= 0.3 is 0 Å². The van der Waals surface area contributed by atoms with Crippen LogP contribution in [0.25, 0.3) is 11.1 Å². The molecule has 8 heteroatoms. The minimum atomic E-state index is -4.31. The summed E-state index contributed by atoms with van der Waals surface area (Å²) in [5.74, 6) is 0.797. The first kappa shape index (κ1) is 28.5. The van der Waals surface area contributed by atoms with Crippen LogP contribution in [0.15, 0.2) is 90.1 Å². The molecule has 0 spiro atoms. The van der Waals surface area contributed by atoms with Gasteiger partial charge in [-0.1, -0.05) is 48.5 Å². The molecule has 212 valence electrons. The van der Waals surface area contributed by atoms with E-state index in [-0.39, 0.29) is 28.8 Å². The van der Waals surface area contributed by atoms with Gasteiger partial charge in [0.25, 0.3) is 0 Å². The van der Waals surface area contributed by atoms with Crippen molar-refractivity contribution in [3.8, 4) is 22.6 Å². The van der Waals surface area contributed by atoms with Crippen LogP contribution in [-0.2, 0) is 29.3 Å². The van der Waals surface area contributed by atoms with Gasteiger partial charge in [-0.3, -0.25) is 9.78 Å². The van der Waals surface area contributed by atoms with Crippen LogP contribution in [0.4, 0.5) is 0 Å². The smallest absolute Gasteiger partial charge is 0.239 e. The van der Waals surface area contributed by atoms with Gasteiger partial charge in [0, 0.05) is 29.9 Å². The van der Waals surface area contributed by atoms with E-state index >= 15 is 0 Å². The third-order valence-corrected chi connectivity index (χ3v) is 8.51. The molecule has 0 amide bonds. The van der Waals surface area contributed by atoms with Gasteiger partial charge in [0.15, 0.2) is 17.3 Å². The van der Waals surface area contributed by atoms with Gasteiger partial charge in [-0.2, -0.15) is 0 Å². The highest BCUT2D eigenvalue weighted by atomic mass is 32.2. The van der Waals surface area contributed by atoms with Crippen molar-refractivity contribution < 1.29 is 22.7 Å². The van der Waals surface area contributed by atoms with Crippen molar-refractivity contribution in [3.63, 3.8) is 0 Å². The van der Waals surface area contributed by atoms with Crippen molar-refractivity contribution in [2.24, 2.45) is 5.14 Å². The average molecular weight is 571 g/mol. The number of benzene rings is 3. The number of aromatic nitrogens is 1. The fourth-order valence-corrected chi connectivity index (χ4v) is 6.50. The number of nitrogens with zero attached hydrogens (tertiary/aromatic N) is 1. The molecule has 1 aromatic heterocycles. The Bertz CT molecular complexity index is 1620. The maximum atomic E-state index is 13.9. The molecule has 1 heterocycles. The van der Waals surface area contributed by atoms with Crippen molar-refractivity contribution >= 4 is 15.8 Å². The predicted molar refractivity (Wildman–Crippen MR) is 159 cm³/mol. The summed E-state index contributed by atoms with van der Waals surface area (Å²) in [5.41, 5.74) is 3.53. The largest absolute Gasteiger partial charge is 0.493 e. The lowest BCUT2D eigenvalue weighted by Crippen LogP contribution is -2.21. The summed E-state index contributed by atoms with van der Waals surface area (Å²) < 4.78 is 38.4. The fourth-order valence-electron chi connectivity index (χ4n) is 5.48. The van der Waals surface area contributed by atoms with Crippen LogP contribution in [-0.4, -0.2) is 32.4 Å². The van der Waals surface area contributed by atoms with Gasteiger partial charge in [-0.15, -0.1) is 0 Å². The molecule has 7 nitrogen and oxygen atoms in total. The van der Waals surface area contributed by atoms with Crippen LogP contribution in [0.5, 0.6) is 11.5 Å². The zero-order chi connectivity index (χ0) is 28.8. The number of methoxy groups -OCH3 is 1. The van der Waals surface area contributed by atoms with Gasteiger partial charge in [0.05, 0.1) is 13.2 Å². The molecule has 0 bridgehead atoms. The molecule has 3 aromatic carbocycles. The van der Waals surface area contributed by atoms with E-state index in [1.807, 2.05) is 48.5 Å². The number of carbonyl (C=O) groups excluding carboxylic acids is 1. The third-order valence-electron chi connectivity index (χ3n) is 7.52. The number of ether oxygens (including phenoxy) is 2. The second-order valence-electron chi connectivity index (χ2n) is 10.4. The molecule has 0 unspecified atom stereocenters. The Hall–Kier alpha value is -4.01. The molecule has 2 N–H and O–H groups in total. The number of hydrogen-bond donors (Lipinski definition) is 1. The normalized spacial score (nSPS) is 13.7. The first-order chi connectivity index (χ1) is 19.8. The molecule has 0 aliphatic heterocycles. The van der Waals surface area contributed by atoms with Crippen LogP contribution in [0, 0.1) is 0 Å². The first-order valence-electron chi connectivity index (χ1n) is 13.8. The van der Waals surface area contributed by atoms with Crippen LogP contribution >= 0.6 is 0 Å². The minimum Gasteiger partial charge on any atom is -0.493 e. The van der Waals surface area contributed by atoms with E-state index < -0.39 is 10.0 Å². The van der Waals surface area contributed by atoms with Gasteiger partial charge in [-0.25, -0.2) is 13.6 Å². The summed E-state index contributed by atoms with van der Waals surface area (Å²) in [5, 5.41) is 5.89. The fraction of sp³-hybridized carbons (Fsp3) is 0.273.